The molecule has 0 fully saturated rings. The van der Waals surface area contributed by atoms with Crippen LogP contribution in [-0.4, -0.2) is 25.9 Å². The summed E-state index contributed by atoms with van der Waals surface area (Å²) in [5, 5.41) is 22.0. The first kappa shape index (κ1) is 12.7. The third kappa shape index (κ3) is 2.17. The molecular formula is C10H10N4O5. The van der Waals surface area contributed by atoms with Crippen LogP contribution in [0.2, 0.25) is 0 Å². The van der Waals surface area contributed by atoms with Gasteiger partial charge in [-0.25, -0.2) is 4.98 Å². The number of benzene rings is 1. The number of nitro groups is 2. The number of hydrogen-bond acceptors (Lipinski definition) is 6. The molecule has 0 bridgehead atoms. The molecule has 0 aliphatic carbocycles. The van der Waals surface area contributed by atoms with E-state index < -0.39 is 21.2 Å². The highest BCUT2D eigenvalue weighted by Gasteiger charge is 2.34. The van der Waals surface area contributed by atoms with Gasteiger partial charge in [-0.05, 0) is 13.8 Å². The molecular weight excluding hydrogens is 256 g/mol. The van der Waals surface area contributed by atoms with Gasteiger partial charge in [0.15, 0.2) is 0 Å². The van der Waals surface area contributed by atoms with Gasteiger partial charge in [0.05, 0.1) is 27.8 Å². The largest absolute Gasteiger partial charge is 0.482 e. The van der Waals surface area contributed by atoms with E-state index >= 15 is 0 Å². The Morgan fingerprint density at radius 1 is 1.32 bits per heavy atom. The van der Waals surface area contributed by atoms with Gasteiger partial charge in [0, 0.05) is 6.07 Å². The molecule has 2 aromatic rings. The quantitative estimate of drug-likeness (QED) is 0.667. The third-order valence-corrected chi connectivity index (χ3v) is 2.36. The minimum absolute atomic E-state index is 0.189. The van der Waals surface area contributed by atoms with Crippen molar-refractivity contribution in [2.45, 2.75) is 20.0 Å². The van der Waals surface area contributed by atoms with Crippen LogP contribution in [0.15, 0.2) is 12.4 Å². The van der Waals surface area contributed by atoms with Crippen molar-refractivity contribution in [1.29, 1.82) is 0 Å². The lowest BCUT2D eigenvalue weighted by molar-refractivity contribution is -0.423. The number of imidazole rings is 1. The van der Waals surface area contributed by atoms with E-state index in [9.17, 15) is 20.2 Å². The Hall–Kier alpha value is -2.71. The number of fused-ring (bicyclic) bond motifs is 1. The molecule has 0 atom stereocenters. The number of rotatable bonds is 4. The van der Waals surface area contributed by atoms with E-state index in [0.29, 0.717) is 5.52 Å². The second-order valence-corrected chi connectivity index (χ2v) is 4.05. The van der Waals surface area contributed by atoms with Gasteiger partial charge in [0.2, 0.25) is 5.75 Å². The van der Waals surface area contributed by atoms with Gasteiger partial charge in [-0.15, -0.1) is 0 Å². The molecule has 0 amide bonds. The van der Waals surface area contributed by atoms with Gasteiger partial charge < -0.3 is 9.72 Å². The number of aromatic amines is 1. The average molecular weight is 266 g/mol. The molecule has 1 N–H and O–H groups in total. The predicted molar refractivity (Wildman–Crippen MR) is 65.2 cm³/mol. The van der Waals surface area contributed by atoms with Crippen LogP contribution < -0.4 is 4.74 Å². The molecule has 19 heavy (non-hydrogen) atoms. The monoisotopic (exact) mass is 266 g/mol. The van der Waals surface area contributed by atoms with Crippen molar-refractivity contribution in [1.82, 2.24) is 9.97 Å². The van der Waals surface area contributed by atoms with Crippen LogP contribution in [0.5, 0.6) is 5.75 Å². The van der Waals surface area contributed by atoms with E-state index in [-0.39, 0.29) is 17.4 Å². The molecule has 1 aromatic heterocycles. The summed E-state index contributed by atoms with van der Waals surface area (Å²) in [7, 11) is 0. The summed E-state index contributed by atoms with van der Waals surface area (Å²) in [6.07, 6.45) is 0.922. The average Bonchev–Trinajstić information content (AvgIpc) is 2.75. The molecule has 1 aromatic carbocycles. The van der Waals surface area contributed by atoms with Crippen molar-refractivity contribution in [3.05, 3.63) is 32.6 Å². The van der Waals surface area contributed by atoms with Crippen LogP contribution in [0.25, 0.3) is 11.0 Å². The molecule has 0 unspecified atom stereocenters. The first-order chi connectivity index (χ1) is 8.91. The first-order valence-corrected chi connectivity index (χ1v) is 5.37. The Labute approximate surface area is 106 Å². The zero-order valence-corrected chi connectivity index (χ0v) is 10.1. The molecule has 9 heteroatoms. The Kier molecular flexibility index (Phi) is 3.03. The summed E-state index contributed by atoms with van der Waals surface area (Å²) in [6.45, 7) is 3.34. The van der Waals surface area contributed by atoms with E-state index in [0.717, 1.165) is 6.07 Å². The number of nitrogens with zero attached hydrogens (tertiary/aromatic N) is 3. The fourth-order valence-corrected chi connectivity index (χ4v) is 1.69. The van der Waals surface area contributed by atoms with E-state index in [4.69, 9.17) is 4.74 Å². The van der Waals surface area contributed by atoms with Crippen molar-refractivity contribution >= 4 is 22.4 Å². The van der Waals surface area contributed by atoms with E-state index in [1.807, 2.05) is 0 Å². The maximum Gasteiger partial charge on any atom is 0.389 e. The zero-order chi connectivity index (χ0) is 14.2. The van der Waals surface area contributed by atoms with Gasteiger partial charge in [-0.2, -0.15) is 0 Å². The smallest absolute Gasteiger partial charge is 0.389 e. The fourth-order valence-electron chi connectivity index (χ4n) is 1.69. The van der Waals surface area contributed by atoms with Crippen molar-refractivity contribution in [3.8, 4) is 5.75 Å². The number of ether oxygens (including phenoxy) is 1. The molecule has 1 heterocycles. The van der Waals surface area contributed by atoms with E-state index in [1.165, 1.54) is 6.33 Å². The zero-order valence-electron chi connectivity index (χ0n) is 10.1. The SMILES string of the molecule is CC(C)Oc1c([N+](=O)[O-])c([N+](=O)[O-])cc2[nH]cnc12. The number of nitro benzene ring substituents is 2. The summed E-state index contributed by atoms with van der Waals surface area (Å²) in [5.74, 6) is -0.189. The third-order valence-electron chi connectivity index (χ3n) is 2.36. The van der Waals surface area contributed by atoms with Crippen molar-refractivity contribution in [3.63, 3.8) is 0 Å². The Morgan fingerprint density at radius 3 is 2.53 bits per heavy atom. The number of aromatic nitrogens is 2. The molecule has 100 valence electrons. The number of H-pyrrole nitrogens is 1. The highest BCUT2D eigenvalue weighted by atomic mass is 16.6. The van der Waals surface area contributed by atoms with Gasteiger partial charge in [0.1, 0.15) is 5.52 Å². The van der Waals surface area contributed by atoms with Gasteiger partial charge in [-0.3, -0.25) is 20.2 Å². The molecule has 9 nitrogen and oxygen atoms in total. The van der Waals surface area contributed by atoms with Gasteiger partial charge in [-0.1, -0.05) is 0 Å². The summed E-state index contributed by atoms with van der Waals surface area (Å²) in [5.41, 5.74) is -0.797. The Bertz CT molecular complexity index is 663. The molecule has 0 aliphatic heterocycles. The van der Waals surface area contributed by atoms with Crippen LogP contribution in [-0.2, 0) is 0 Å². The highest BCUT2D eigenvalue weighted by molar-refractivity contribution is 5.90. The number of nitrogens with one attached hydrogen (secondary N) is 1. The second-order valence-electron chi connectivity index (χ2n) is 4.05. The lowest BCUT2D eigenvalue weighted by atomic mass is 10.2. The van der Waals surface area contributed by atoms with Crippen LogP contribution in [0.3, 0.4) is 0 Å². The van der Waals surface area contributed by atoms with Crippen molar-refractivity contribution < 1.29 is 14.6 Å². The van der Waals surface area contributed by atoms with E-state index in [2.05, 4.69) is 9.97 Å². The normalized spacial score (nSPS) is 10.9. The van der Waals surface area contributed by atoms with Gasteiger partial charge >= 0.3 is 11.4 Å². The van der Waals surface area contributed by atoms with Crippen LogP contribution in [0.4, 0.5) is 11.4 Å². The topological polar surface area (TPSA) is 124 Å². The van der Waals surface area contributed by atoms with Crippen LogP contribution >= 0.6 is 0 Å². The summed E-state index contributed by atoms with van der Waals surface area (Å²) >= 11 is 0. The van der Waals surface area contributed by atoms with Crippen LogP contribution in [0, 0.1) is 20.2 Å². The lowest BCUT2D eigenvalue weighted by Gasteiger charge is -2.10. The second kappa shape index (κ2) is 4.52. The highest BCUT2D eigenvalue weighted by Crippen LogP contribution is 2.41. The van der Waals surface area contributed by atoms with Crippen molar-refractivity contribution in [2.24, 2.45) is 0 Å². The maximum absolute atomic E-state index is 11.1. The summed E-state index contributed by atoms with van der Waals surface area (Å²) in [4.78, 5) is 27.0. The first-order valence-electron chi connectivity index (χ1n) is 5.37. The lowest BCUT2D eigenvalue weighted by Crippen LogP contribution is -2.09. The van der Waals surface area contributed by atoms with Gasteiger partial charge in [0.25, 0.3) is 0 Å². The Morgan fingerprint density at radius 2 is 2.00 bits per heavy atom. The van der Waals surface area contributed by atoms with Crippen LogP contribution in [0.1, 0.15) is 13.8 Å². The van der Waals surface area contributed by atoms with Crippen molar-refractivity contribution in [2.75, 3.05) is 0 Å². The molecule has 0 spiro atoms. The standard InChI is InChI=1S/C10H10N4O5/c1-5(2)19-10-8-6(11-4-12-8)3-7(13(15)16)9(10)14(17)18/h3-5H,1-2H3,(H,11,12). The predicted octanol–water partition coefficient (Wildman–Crippen LogP) is 2.17. The Balaban J connectivity index is 2.84. The van der Waals surface area contributed by atoms with E-state index in [1.54, 1.807) is 13.8 Å². The molecule has 0 radical (unpaired) electrons. The summed E-state index contributed by atoms with van der Waals surface area (Å²) < 4.78 is 5.34. The molecule has 2 rings (SSSR count). The molecule has 0 aliphatic rings. The molecule has 0 saturated carbocycles. The maximum atomic E-state index is 11.1. The number of hydrogen-bond donors (Lipinski definition) is 1. The summed E-state index contributed by atoms with van der Waals surface area (Å²) in [6, 6.07) is 1.08. The minimum atomic E-state index is -0.829. The molecule has 0 saturated heterocycles. The minimum Gasteiger partial charge on any atom is -0.482 e. The fraction of sp³-hybridized carbons (Fsp3) is 0.300.